The van der Waals surface area contributed by atoms with Crippen LogP contribution in [-0.4, -0.2) is 72.4 Å². The number of nitriles is 1. The van der Waals surface area contributed by atoms with E-state index in [2.05, 4.69) is 21.4 Å². The average molecular weight is 588 g/mol. The Morgan fingerprint density at radius 2 is 1.98 bits per heavy atom. The molecule has 1 fully saturated rings. The quantitative estimate of drug-likeness (QED) is 0.327. The first-order valence-corrected chi connectivity index (χ1v) is 13.7. The number of benzene rings is 1. The van der Waals surface area contributed by atoms with Crippen LogP contribution in [-0.2, 0) is 4.74 Å². The highest BCUT2D eigenvalue weighted by Gasteiger charge is 2.40. The van der Waals surface area contributed by atoms with Crippen molar-refractivity contribution in [2.45, 2.75) is 45.3 Å². The van der Waals surface area contributed by atoms with Crippen LogP contribution in [0.15, 0.2) is 48.7 Å². The number of nitrogens with one attached hydrogen (secondary N) is 1. The Hall–Kier alpha value is -4.53. The van der Waals surface area contributed by atoms with Gasteiger partial charge in [0.25, 0.3) is 5.91 Å². The Morgan fingerprint density at radius 1 is 1.19 bits per heavy atom. The van der Waals surface area contributed by atoms with Crippen LogP contribution in [0.4, 0.5) is 4.79 Å². The maximum absolute atomic E-state index is 13.2. The van der Waals surface area contributed by atoms with Crippen LogP contribution in [0.25, 0.3) is 28.0 Å². The van der Waals surface area contributed by atoms with E-state index in [9.17, 15) is 20.0 Å². The van der Waals surface area contributed by atoms with Gasteiger partial charge in [0.1, 0.15) is 27.7 Å². The minimum absolute atomic E-state index is 0.0364. The van der Waals surface area contributed by atoms with Gasteiger partial charge in [0.2, 0.25) is 0 Å². The molecular formula is C30H30ClN7O4. The fourth-order valence-electron chi connectivity index (χ4n) is 4.85. The van der Waals surface area contributed by atoms with Gasteiger partial charge >= 0.3 is 6.09 Å². The number of amides is 2. The van der Waals surface area contributed by atoms with E-state index in [1.165, 1.54) is 11.0 Å². The number of fused-ring (bicyclic) bond motifs is 1. The van der Waals surface area contributed by atoms with Gasteiger partial charge < -0.3 is 20.1 Å². The second kappa shape index (κ2) is 11.0. The second-order valence-electron chi connectivity index (χ2n) is 11.4. The van der Waals surface area contributed by atoms with Crippen LogP contribution < -0.4 is 5.32 Å². The first kappa shape index (κ1) is 29.0. The number of pyridine rings is 1. The van der Waals surface area contributed by atoms with Crippen molar-refractivity contribution in [1.82, 2.24) is 29.8 Å². The van der Waals surface area contributed by atoms with Gasteiger partial charge in [-0.15, -0.1) is 0 Å². The molecule has 11 nitrogen and oxygen atoms in total. The molecule has 1 aliphatic heterocycles. The van der Waals surface area contributed by atoms with Crippen molar-refractivity contribution in [3.63, 3.8) is 0 Å². The maximum Gasteiger partial charge on any atom is 0.410 e. The molecule has 0 bridgehead atoms. The first-order chi connectivity index (χ1) is 19.8. The van der Waals surface area contributed by atoms with E-state index in [0.29, 0.717) is 57.4 Å². The number of rotatable bonds is 5. The zero-order chi connectivity index (χ0) is 30.2. The molecule has 216 valence electrons. The molecule has 0 spiro atoms. The second-order valence-corrected chi connectivity index (χ2v) is 11.8. The van der Waals surface area contributed by atoms with E-state index in [1.54, 1.807) is 55.7 Å². The van der Waals surface area contributed by atoms with Crippen LogP contribution in [0.5, 0.6) is 0 Å². The van der Waals surface area contributed by atoms with Crippen molar-refractivity contribution < 1.29 is 19.4 Å². The Kier molecular flexibility index (Phi) is 7.62. The third-order valence-electron chi connectivity index (χ3n) is 6.76. The smallest absolute Gasteiger partial charge is 0.410 e. The van der Waals surface area contributed by atoms with Crippen molar-refractivity contribution in [2.75, 3.05) is 19.6 Å². The summed E-state index contributed by atoms with van der Waals surface area (Å²) >= 11 is 6.30. The molecule has 2 amide bonds. The Labute approximate surface area is 247 Å². The third kappa shape index (κ3) is 6.20. The standard InChI is InChI=1S/C30H30ClN7O4/c1-18-12-21(14-23(31)34-18)24-25(20-7-5-6-19(13-20)15-32)36-38-10-8-22(35-26(24)38)27(39)33-16-30(41)9-11-37(17-30)28(40)42-29(2,3)4/h5-8,10,12-14,41H,9,11,16-17H2,1-4H3,(H,33,39). The highest BCUT2D eigenvalue weighted by molar-refractivity contribution is 6.29. The van der Waals surface area contributed by atoms with E-state index in [-0.39, 0.29) is 18.8 Å². The minimum Gasteiger partial charge on any atom is -0.444 e. The summed E-state index contributed by atoms with van der Waals surface area (Å²) in [6, 6.07) is 14.3. The lowest BCUT2D eigenvalue weighted by atomic mass is 10.00. The highest BCUT2D eigenvalue weighted by atomic mass is 35.5. The molecule has 1 unspecified atom stereocenters. The van der Waals surface area contributed by atoms with Gasteiger partial charge in [-0.1, -0.05) is 23.7 Å². The number of carbonyl (C=O) groups excluding carboxylic acids is 2. The van der Waals surface area contributed by atoms with Crippen LogP contribution in [0.2, 0.25) is 5.15 Å². The number of hydrogen-bond acceptors (Lipinski definition) is 8. The van der Waals surface area contributed by atoms with Crippen molar-refractivity contribution in [1.29, 1.82) is 5.26 Å². The molecule has 2 N–H and O–H groups in total. The number of hydrogen-bond donors (Lipinski definition) is 2. The fourth-order valence-corrected chi connectivity index (χ4v) is 5.10. The molecule has 12 heteroatoms. The number of ether oxygens (including phenoxy) is 1. The third-order valence-corrected chi connectivity index (χ3v) is 6.95. The lowest BCUT2D eigenvalue weighted by molar-refractivity contribution is 0.0155. The highest BCUT2D eigenvalue weighted by Crippen LogP contribution is 2.36. The van der Waals surface area contributed by atoms with Gasteiger partial charge in [0, 0.05) is 30.5 Å². The fraction of sp³-hybridized carbons (Fsp3) is 0.333. The lowest BCUT2D eigenvalue weighted by Crippen LogP contribution is -2.46. The molecule has 1 atom stereocenters. The summed E-state index contributed by atoms with van der Waals surface area (Å²) in [6.45, 7) is 7.43. The number of nitrogens with zero attached hydrogens (tertiary/aromatic N) is 6. The normalized spacial score (nSPS) is 16.8. The molecule has 5 rings (SSSR count). The SMILES string of the molecule is Cc1cc(-c2c(-c3cccc(C#N)c3)nn3ccc(C(=O)NCC4(O)CCN(C(=O)OC(C)(C)C)C4)nc23)cc(Cl)n1. The van der Waals surface area contributed by atoms with E-state index >= 15 is 0 Å². The summed E-state index contributed by atoms with van der Waals surface area (Å²) < 4.78 is 6.97. The van der Waals surface area contributed by atoms with Crippen molar-refractivity contribution in [2.24, 2.45) is 0 Å². The van der Waals surface area contributed by atoms with Gasteiger partial charge in [-0.3, -0.25) is 4.79 Å². The summed E-state index contributed by atoms with van der Waals surface area (Å²) in [5.74, 6) is -0.495. The number of β-amino-alcohol motifs (C(OH)–C–C–N with tert-alkyl or cyclic N) is 1. The summed E-state index contributed by atoms with van der Waals surface area (Å²) in [6.07, 6.45) is 1.41. The van der Waals surface area contributed by atoms with Gasteiger partial charge in [0.15, 0.2) is 5.65 Å². The Bertz CT molecular complexity index is 1720. The predicted octanol–water partition coefficient (Wildman–Crippen LogP) is 4.39. The monoisotopic (exact) mass is 587 g/mol. The van der Waals surface area contributed by atoms with E-state index in [0.717, 1.165) is 0 Å². The summed E-state index contributed by atoms with van der Waals surface area (Å²) in [4.78, 5) is 36.0. The van der Waals surface area contributed by atoms with Crippen molar-refractivity contribution in [3.05, 3.63) is 70.8 Å². The van der Waals surface area contributed by atoms with Gasteiger partial charge in [-0.25, -0.2) is 19.3 Å². The van der Waals surface area contributed by atoms with Crippen LogP contribution >= 0.6 is 11.6 Å². The number of carbonyl (C=O) groups is 2. The first-order valence-electron chi connectivity index (χ1n) is 13.4. The molecule has 3 aromatic heterocycles. The molecular weight excluding hydrogens is 558 g/mol. The Morgan fingerprint density at radius 3 is 2.69 bits per heavy atom. The number of likely N-dealkylation sites (tertiary alicyclic amines) is 1. The number of aryl methyl sites for hydroxylation is 1. The zero-order valence-corrected chi connectivity index (χ0v) is 24.4. The van der Waals surface area contributed by atoms with E-state index < -0.39 is 23.2 Å². The maximum atomic E-state index is 13.2. The molecule has 1 aromatic carbocycles. The molecule has 1 saturated heterocycles. The molecule has 1 aliphatic rings. The van der Waals surface area contributed by atoms with Crippen LogP contribution in [0.1, 0.15) is 48.9 Å². The average Bonchev–Trinajstić information content (AvgIpc) is 3.51. The molecule has 4 heterocycles. The van der Waals surface area contributed by atoms with Crippen LogP contribution in [0, 0.1) is 18.3 Å². The number of halogens is 1. The molecule has 42 heavy (non-hydrogen) atoms. The summed E-state index contributed by atoms with van der Waals surface area (Å²) in [5, 5.41) is 28.3. The number of aliphatic hydroxyl groups is 1. The molecule has 4 aromatic rings. The van der Waals surface area contributed by atoms with E-state index in [1.807, 2.05) is 19.1 Å². The predicted molar refractivity (Wildman–Crippen MR) is 156 cm³/mol. The topological polar surface area (TPSA) is 146 Å². The van der Waals surface area contributed by atoms with E-state index in [4.69, 9.17) is 21.4 Å². The van der Waals surface area contributed by atoms with Crippen molar-refractivity contribution >= 4 is 29.2 Å². The molecule has 0 saturated carbocycles. The van der Waals surface area contributed by atoms with Crippen LogP contribution in [0.3, 0.4) is 0 Å². The molecule has 0 aliphatic carbocycles. The molecule has 0 radical (unpaired) electrons. The zero-order valence-electron chi connectivity index (χ0n) is 23.7. The number of aromatic nitrogens is 4. The van der Waals surface area contributed by atoms with Gasteiger partial charge in [-0.2, -0.15) is 10.4 Å². The summed E-state index contributed by atoms with van der Waals surface area (Å²) in [7, 11) is 0. The Balaban J connectivity index is 1.44. The van der Waals surface area contributed by atoms with Crippen molar-refractivity contribution in [3.8, 4) is 28.5 Å². The minimum atomic E-state index is -1.30. The largest absolute Gasteiger partial charge is 0.444 e. The lowest BCUT2D eigenvalue weighted by Gasteiger charge is -2.26. The summed E-state index contributed by atoms with van der Waals surface area (Å²) in [5.41, 5.74) is 2.30. The van der Waals surface area contributed by atoms with Gasteiger partial charge in [0.05, 0.1) is 23.7 Å². The van der Waals surface area contributed by atoms with Gasteiger partial charge in [-0.05, 0) is 70.0 Å².